The van der Waals surface area contributed by atoms with Gasteiger partial charge in [0.25, 0.3) is 5.91 Å². The van der Waals surface area contributed by atoms with Crippen molar-refractivity contribution in [3.05, 3.63) is 68.8 Å². The lowest BCUT2D eigenvalue weighted by Gasteiger charge is -2.20. The largest absolute Gasteiger partial charge is 0.408 e. The fraction of sp³-hybridized carbons (Fsp3) is 0.250. The topological polar surface area (TPSA) is 64.0 Å². The molecule has 158 valence electrons. The van der Waals surface area contributed by atoms with Crippen molar-refractivity contribution in [2.24, 2.45) is 0 Å². The van der Waals surface area contributed by atoms with Crippen LogP contribution in [0.4, 0.5) is 17.6 Å². The second-order valence-corrected chi connectivity index (χ2v) is 7.07. The Balaban J connectivity index is 2.24. The molecule has 1 N–H and O–H groups in total. The molecule has 3 rings (SSSR count). The zero-order valence-electron chi connectivity index (χ0n) is 15.8. The number of benzene rings is 1. The number of nitrogens with one attached hydrogen (secondary N) is 1. The van der Waals surface area contributed by atoms with Gasteiger partial charge in [0.05, 0.1) is 11.1 Å². The minimum atomic E-state index is -4.68. The van der Waals surface area contributed by atoms with Crippen LogP contribution in [0.25, 0.3) is 16.7 Å². The number of aromatic nitrogens is 2. The van der Waals surface area contributed by atoms with Crippen molar-refractivity contribution < 1.29 is 22.4 Å². The summed E-state index contributed by atoms with van der Waals surface area (Å²) in [6, 6.07) is 4.70. The van der Waals surface area contributed by atoms with E-state index in [4.69, 9.17) is 11.6 Å². The summed E-state index contributed by atoms with van der Waals surface area (Å²) < 4.78 is 54.9. The predicted molar refractivity (Wildman–Crippen MR) is 105 cm³/mol. The van der Waals surface area contributed by atoms with Crippen LogP contribution in [0.3, 0.4) is 0 Å². The number of carbonyl (C=O) groups excluding carboxylic acids is 1. The normalized spacial score (nSPS) is 12.8. The van der Waals surface area contributed by atoms with Crippen LogP contribution in [0.15, 0.2) is 41.3 Å². The van der Waals surface area contributed by atoms with E-state index in [1.165, 1.54) is 31.2 Å². The van der Waals surface area contributed by atoms with Gasteiger partial charge in [0.2, 0.25) is 5.43 Å². The van der Waals surface area contributed by atoms with Crippen molar-refractivity contribution in [3.63, 3.8) is 0 Å². The van der Waals surface area contributed by atoms with E-state index in [1.807, 2.05) is 5.32 Å². The molecule has 0 saturated carbocycles. The number of amides is 1. The third-order valence-corrected chi connectivity index (χ3v) is 4.74. The SMILES string of the molecule is CC[C@H](NC(=O)c1cn(-c2ccc(C)cc2F)c2nc(Cl)ccc2c1=O)C(F)(F)F. The monoisotopic (exact) mass is 441 g/mol. The molecule has 0 saturated heterocycles. The molecule has 0 bridgehead atoms. The maximum atomic E-state index is 14.6. The predicted octanol–water partition coefficient (Wildman–Crippen LogP) is 4.56. The van der Waals surface area contributed by atoms with Crippen LogP contribution >= 0.6 is 11.6 Å². The smallest absolute Gasteiger partial charge is 0.340 e. The molecule has 0 unspecified atom stereocenters. The summed E-state index contributed by atoms with van der Waals surface area (Å²) in [6.07, 6.45) is -4.13. The zero-order valence-corrected chi connectivity index (χ0v) is 16.6. The minimum absolute atomic E-state index is 0.0171. The number of nitrogens with zero attached hydrogens (tertiary/aromatic N) is 2. The first-order valence-electron chi connectivity index (χ1n) is 8.89. The van der Waals surface area contributed by atoms with Crippen molar-refractivity contribution in [3.8, 4) is 5.69 Å². The number of rotatable bonds is 4. The van der Waals surface area contributed by atoms with Crippen LogP contribution in [0.5, 0.6) is 0 Å². The summed E-state index contributed by atoms with van der Waals surface area (Å²) in [4.78, 5) is 29.4. The first-order chi connectivity index (χ1) is 14.0. The van der Waals surface area contributed by atoms with Gasteiger partial charge in [-0.15, -0.1) is 0 Å². The first-order valence-corrected chi connectivity index (χ1v) is 9.26. The van der Waals surface area contributed by atoms with Crippen LogP contribution < -0.4 is 10.7 Å². The maximum absolute atomic E-state index is 14.6. The molecule has 0 spiro atoms. The number of hydrogen-bond donors (Lipinski definition) is 1. The number of carbonyl (C=O) groups is 1. The molecule has 1 atom stereocenters. The quantitative estimate of drug-likeness (QED) is 0.477. The molecular formula is C20H16ClF4N3O2. The number of aryl methyl sites for hydroxylation is 1. The van der Waals surface area contributed by atoms with Crippen LogP contribution in [-0.4, -0.2) is 27.7 Å². The molecule has 3 aromatic rings. The number of fused-ring (bicyclic) bond motifs is 1. The van der Waals surface area contributed by atoms with Crippen LogP contribution in [-0.2, 0) is 0 Å². The number of halogens is 5. The van der Waals surface area contributed by atoms with Gasteiger partial charge < -0.3 is 5.32 Å². The molecule has 2 heterocycles. The fourth-order valence-electron chi connectivity index (χ4n) is 2.98. The Morgan fingerprint density at radius 3 is 2.57 bits per heavy atom. The summed E-state index contributed by atoms with van der Waals surface area (Å²) >= 11 is 5.91. The van der Waals surface area contributed by atoms with Gasteiger partial charge in [-0.1, -0.05) is 24.6 Å². The fourth-order valence-corrected chi connectivity index (χ4v) is 3.13. The first kappa shape index (κ1) is 21.8. The van der Waals surface area contributed by atoms with Gasteiger partial charge >= 0.3 is 6.18 Å². The van der Waals surface area contributed by atoms with E-state index < -0.39 is 41.4 Å². The third-order valence-electron chi connectivity index (χ3n) is 4.53. The van der Waals surface area contributed by atoms with Crippen molar-refractivity contribution in [2.45, 2.75) is 32.5 Å². The molecule has 10 heteroatoms. The maximum Gasteiger partial charge on any atom is 0.408 e. The summed E-state index contributed by atoms with van der Waals surface area (Å²) in [5.41, 5.74) is -0.866. The molecule has 0 aliphatic heterocycles. The Kier molecular flexibility index (Phi) is 5.85. The number of pyridine rings is 2. The molecule has 30 heavy (non-hydrogen) atoms. The highest BCUT2D eigenvalue weighted by molar-refractivity contribution is 6.29. The molecular weight excluding hydrogens is 426 g/mol. The zero-order chi connectivity index (χ0) is 22.2. The number of alkyl halides is 3. The summed E-state index contributed by atoms with van der Waals surface area (Å²) in [5, 5.41) is 1.75. The Hall–Kier alpha value is -2.94. The molecule has 5 nitrogen and oxygen atoms in total. The average Bonchev–Trinajstić information content (AvgIpc) is 2.66. The van der Waals surface area contributed by atoms with Gasteiger partial charge in [-0.05, 0) is 43.2 Å². The molecule has 0 fully saturated rings. The van der Waals surface area contributed by atoms with E-state index in [2.05, 4.69) is 4.98 Å². The second-order valence-electron chi connectivity index (χ2n) is 6.68. The second kappa shape index (κ2) is 8.06. The lowest BCUT2D eigenvalue weighted by molar-refractivity contribution is -0.153. The van der Waals surface area contributed by atoms with Gasteiger partial charge in [0, 0.05) is 6.20 Å². The van der Waals surface area contributed by atoms with Gasteiger partial charge in [-0.2, -0.15) is 13.2 Å². The van der Waals surface area contributed by atoms with Crippen molar-refractivity contribution in [2.75, 3.05) is 0 Å². The highest BCUT2D eigenvalue weighted by Crippen LogP contribution is 2.24. The van der Waals surface area contributed by atoms with Crippen LogP contribution in [0.1, 0.15) is 29.3 Å². The summed E-state index contributed by atoms with van der Waals surface area (Å²) in [6.45, 7) is 2.93. The Morgan fingerprint density at radius 1 is 1.27 bits per heavy atom. The Morgan fingerprint density at radius 2 is 1.97 bits per heavy atom. The lowest BCUT2D eigenvalue weighted by Crippen LogP contribution is -2.46. The van der Waals surface area contributed by atoms with Crippen LogP contribution in [0.2, 0.25) is 5.15 Å². The summed E-state index contributed by atoms with van der Waals surface area (Å²) in [7, 11) is 0. The van der Waals surface area contributed by atoms with E-state index in [-0.39, 0.29) is 21.9 Å². The van der Waals surface area contributed by atoms with Crippen molar-refractivity contribution in [1.29, 1.82) is 0 Å². The molecule has 0 aliphatic rings. The molecule has 1 aromatic carbocycles. The van der Waals surface area contributed by atoms with E-state index in [0.29, 0.717) is 5.56 Å². The summed E-state index contributed by atoms with van der Waals surface area (Å²) in [5.74, 6) is -1.89. The van der Waals surface area contributed by atoms with Gasteiger partial charge in [0.15, 0.2) is 0 Å². The van der Waals surface area contributed by atoms with Crippen molar-refractivity contribution >= 4 is 28.5 Å². The van der Waals surface area contributed by atoms with E-state index in [1.54, 1.807) is 13.0 Å². The van der Waals surface area contributed by atoms with Gasteiger partial charge in [-0.25, -0.2) is 9.37 Å². The van der Waals surface area contributed by atoms with E-state index in [9.17, 15) is 27.2 Å². The Labute approximate surface area is 173 Å². The average molecular weight is 442 g/mol. The Bertz CT molecular complexity index is 1190. The van der Waals surface area contributed by atoms with Gasteiger partial charge in [-0.3, -0.25) is 14.2 Å². The highest BCUT2D eigenvalue weighted by atomic mass is 35.5. The van der Waals surface area contributed by atoms with E-state index >= 15 is 0 Å². The van der Waals surface area contributed by atoms with Crippen LogP contribution in [0, 0.1) is 12.7 Å². The molecule has 1 amide bonds. The molecule has 2 aromatic heterocycles. The standard InChI is InChI=1S/C20H16ClF4N3O2/c1-3-15(20(23,24)25)26-19(30)12-9-28(14-6-4-10(2)8-13(14)22)18-11(17(12)29)5-7-16(21)27-18/h4-9,15H,3H2,1-2H3,(H,26,30)/t15-/m0/s1. The lowest BCUT2D eigenvalue weighted by atomic mass is 10.1. The van der Waals surface area contributed by atoms with Crippen molar-refractivity contribution in [1.82, 2.24) is 14.9 Å². The molecule has 0 aliphatic carbocycles. The molecule has 0 radical (unpaired) electrons. The van der Waals surface area contributed by atoms with Gasteiger partial charge in [0.1, 0.15) is 28.2 Å². The van der Waals surface area contributed by atoms with E-state index in [0.717, 1.165) is 10.8 Å². The third kappa shape index (κ3) is 4.16. The number of hydrogen-bond acceptors (Lipinski definition) is 3. The highest BCUT2D eigenvalue weighted by Gasteiger charge is 2.39. The minimum Gasteiger partial charge on any atom is -0.340 e.